The van der Waals surface area contributed by atoms with Crippen LogP contribution in [-0.4, -0.2) is 5.78 Å². The Morgan fingerprint density at radius 1 is 1.50 bits per heavy atom. The summed E-state index contributed by atoms with van der Waals surface area (Å²) in [5.74, 6) is -0.157. The van der Waals surface area contributed by atoms with Crippen molar-refractivity contribution in [3.63, 3.8) is 0 Å². The summed E-state index contributed by atoms with van der Waals surface area (Å²) in [4.78, 5) is 10.1. The van der Waals surface area contributed by atoms with Crippen molar-refractivity contribution in [2.75, 3.05) is 0 Å². The fourth-order valence-corrected chi connectivity index (χ4v) is 0.0830. The first-order valence-electron chi connectivity index (χ1n) is 1.98. The van der Waals surface area contributed by atoms with Gasteiger partial charge in [0, 0.05) is 0 Å². The van der Waals surface area contributed by atoms with Gasteiger partial charge in [-0.1, -0.05) is 0 Å². The molecule has 0 saturated carbocycles. The molecule has 0 bridgehead atoms. The maximum Gasteiger partial charge on any atom is 1.00 e. The van der Waals surface area contributed by atoms with Gasteiger partial charge in [0.25, 0.3) is 0 Å². The maximum atomic E-state index is 10.1. The Bertz CT molecular complexity index is 107. The molecule has 0 aromatic rings. The summed E-state index contributed by atoms with van der Waals surface area (Å²) in [6.07, 6.45) is 0.558. The summed E-state index contributed by atoms with van der Waals surface area (Å²) in [5.41, 5.74) is 0.278. The SMILES string of the molecule is CC(=O)/C(C)=C/[O-].[Na+]. The molecule has 0 aromatic heterocycles. The molecule has 0 unspecified atom stereocenters. The summed E-state index contributed by atoms with van der Waals surface area (Å²) in [6, 6.07) is 0. The summed E-state index contributed by atoms with van der Waals surface area (Å²) in [6.45, 7) is 2.86. The van der Waals surface area contributed by atoms with E-state index in [1.165, 1.54) is 13.8 Å². The third-order valence-corrected chi connectivity index (χ3v) is 0.732. The van der Waals surface area contributed by atoms with Gasteiger partial charge < -0.3 is 5.11 Å². The van der Waals surface area contributed by atoms with Crippen LogP contribution in [0.25, 0.3) is 0 Å². The molecule has 0 rings (SSSR count). The van der Waals surface area contributed by atoms with Crippen LogP contribution in [0.1, 0.15) is 13.8 Å². The van der Waals surface area contributed by atoms with E-state index < -0.39 is 0 Å². The summed E-state index contributed by atoms with van der Waals surface area (Å²) >= 11 is 0. The molecule has 2 nitrogen and oxygen atoms in total. The van der Waals surface area contributed by atoms with Crippen LogP contribution in [0.15, 0.2) is 11.8 Å². The average Bonchev–Trinajstić information content (AvgIpc) is 1.65. The molecule has 0 aliphatic rings. The third-order valence-electron chi connectivity index (χ3n) is 0.732. The van der Waals surface area contributed by atoms with E-state index in [1.807, 2.05) is 0 Å². The Hall–Kier alpha value is 0.210. The zero-order valence-electron chi connectivity index (χ0n) is 5.39. The van der Waals surface area contributed by atoms with Crippen molar-refractivity contribution in [2.24, 2.45) is 0 Å². The second-order valence-corrected chi connectivity index (χ2v) is 1.36. The molecule has 0 aliphatic carbocycles. The third kappa shape index (κ3) is 4.37. The Kier molecular flexibility index (Phi) is 7.40. The number of allylic oxidation sites excluding steroid dienone is 1. The smallest absolute Gasteiger partial charge is 0.878 e. The molecule has 0 atom stereocenters. The van der Waals surface area contributed by atoms with Crippen LogP contribution in [0, 0.1) is 0 Å². The van der Waals surface area contributed by atoms with E-state index in [0.717, 1.165) is 0 Å². The minimum atomic E-state index is -0.157. The van der Waals surface area contributed by atoms with Crippen molar-refractivity contribution in [1.82, 2.24) is 0 Å². The molecule has 3 heteroatoms. The molecule has 0 N–H and O–H groups in total. The van der Waals surface area contributed by atoms with E-state index in [0.29, 0.717) is 6.26 Å². The van der Waals surface area contributed by atoms with E-state index in [4.69, 9.17) is 0 Å². The average molecular weight is 122 g/mol. The van der Waals surface area contributed by atoms with Gasteiger partial charge in [-0.05, 0) is 19.4 Å². The fourth-order valence-electron chi connectivity index (χ4n) is 0.0830. The van der Waals surface area contributed by atoms with E-state index in [-0.39, 0.29) is 40.9 Å². The van der Waals surface area contributed by atoms with Gasteiger partial charge in [-0.3, -0.25) is 4.79 Å². The van der Waals surface area contributed by atoms with Gasteiger partial charge in [0.1, 0.15) is 0 Å². The molecular formula is C5H7NaO2. The molecule has 0 spiro atoms. The van der Waals surface area contributed by atoms with Crippen LogP contribution < -0.4 is 34.7 Å². The Morgan fingerprint density at radius 3 is 1.88 bits per heavy atom. The minimum Gasteiger partial charge on any atom is -0.878 e. The Morgan fingerprint density at radius 2 is 1.88 bits per heavy atom. The van der Waals surface area contributed by atoms with Crippen LogP contribution >= 0.6 is 0 Å². The monoisotopic (exact) mass is 122 g/mol. The number of Topliss-reactive ketones (excluding diaryl/α,β-unsaturated/α-hetero) is 1. The topological polar surface area (TPSA) is 40.1 Å². The van der Waals surface area contributed by atoms with Gasteiger partial charge in [-0.25, -0.2) is 0 Å². The largest absolute Gasteiger partial charge is 1.00 e. The van der Waals surface area contributed by atoms with Crippen molar-refractivity contribution in [3.8, 4) is 0 Å². The van der Waals surface area contributed by atoms with Crippen LogP contribution in [0.5, 0.6) is 0 Å². The van der Waals surface area contributed by atoms with Crippen molar-refractivity contribution >= 4 is 5.78 Å². The van der Waals surface area contributed by atoms with Gasteiger partial charge in [0.2, 0.25) is 0 Å². The van der Waals surface area contributed by atoms with Crippen molar-refractivity contribution in [2.45, 2.75) is 13.8 Å². The van der Waals surface area contributed by atoms with Gasteiger partial charge in [-0.15, -0.1) is 6.26 Å². The number of ketones is 1. The maximum absolute atomic E-state index is 10.1. The molecule has 0 fully saturated rings. The van der Waals surface area contributed by atoms with Crippen molar-refractivity contribution in [1.29, 1.82) is 0 Å². The molecule has 40 valence electrons. The number of rotatable bonds is 1. The van der Waals surface area contributed by atoms with E-state index in [2.05, 4.69) is 0 Å². The van der Waals surface area contributed by atoms with Crippen LogP contribution in [0.3, 0.4) is 0 Å². The van der Waals surface area contributed by atoms with Crippen LogP contribution in [0.4, 0.5) is 0 Å². The first-order chi connectivity index (χ1) is 3.18. The Balaban J connectivity index is 0. The molecule has 0 heterocycles. The van der Waals surface area contributed by atoms with Gasteiger partial charge in [-0.2, -0.15) is 0 Å². The van der Waals surface area contributed by atoms with E-state index >= 15 is 0 Å². The molecule has 0 amide bonds. The first-order valence-corrected chi connectivity index (χ1v) is 1.98. The van der Waals surface area contributed by atoms with Crippen LogP contribution in [-0.2, 0) is 4.79 Å². The summed E-state index contributed by atoms with van der Waals surface area (Å²) < 4.78 is 0. The normalized spacial score (nSPS) is 10.0. The fraction of sp³-hybridized carbons (Fsp3) is 0.400. The van der Waals surface area contributed by atoms with Gasteiger partial charge in [0.15, 0.2) is 5.78 Å². The molecule has 0 aromatic carbocycles. The predicted molar refractivity (Wildman–Crippen MR) is 24.4 cm³/mol. The second-order valence-electron chi connectivity index (χ2n) is 1.36. The van der Waals surface area contributed by atoms with Crippen molar-refractivity contribution in [3.05, 3.63) is 11.8 Å². The minimum absolute atomic E-state index is 0. The van der Waals surface area contributed by atoms with Crippen molar-refractivity contribution < 1.29 is 39.5 Å². The number of carbonyl (C=O) groups excluding carboxylic acids is 1. The van der Waals surface area contributed by atoms with Gasteiger partial charge >= 0.3 is 29.6 Å². The first kappa shape index (κ1) is 11.1. The zero-order valence-corrected chi connectivity index (χ0v) is 7.39. The summed E-state index contributed by atoms with van der Waals surface area (Å²) in [7, 11) is 0. The Labute approximate surface area is 70.9 Å². The number of hydrogen-bond acceptors (Lipinski definition) is 2. The quantitative estimate of drug-likeness (QED) is 0.209. The van der Waals surface area contributed by atoms with E-state index in [1.54, 1.807) is 0 Å². The molecule has 0 saturated heterocycles. The number of hydrogen-bond donors (Lipinski definition) is 0. The van der Waals surface area contributed by atoms with E-state index in [9.17, 15) is 9.90 Å². The molecule has 8 heavy (non-hydrogen) atoms. The summed E-state index contributed by atoms with van der Waals surface area (Å²) in [5, 5.41) is 9.69. The van der Waals surface area contributed by atoms with Crippen LogP contribution in [0.2, 0.25) is 0 Å². The predicted octanol–water partition coefficient (Wildman–Crippen LogP) is -3.16. The molecule has 0 aliphatic heterocycles. The second kappa shape index (κ2) is 5.35. The zero-order chi connectivity index (χ0) is 5.86. The molecular weight excluding hydrogens is 115 g/mol. The standard InChI is InChI=1S/C5H8O2.Na/c1-4(3-6)5(2)7;/h3,6H,1-2H3;/q;+1/p-1/b4-3+;. The molecule has 0 radical (unpaired) electrons. The number of carbonyl (C=O) groups is 1. The van der Waals surface area contributed by atoms with Gasteiger partial charge in [0.05, 0.1) is 0 Å².